The minimum Gasteiger partial charge on any atom is -0.389 e. The molecule has 126 valence electrons. The van der Waals surface area contributed by atoms with Crippen LogP contribution in [0.1, 0.15) is 26.2 Å². The van der Waals surface area contributed by atoms with Crippen LogP contribution in [0.15, 0.2) is 0 Å². The van der Waals surface area contributed by atoms with Crippen molar-refractivity contribution < 1.29 is 23.1 Å². The molecule has 0 aromatic heterocycles. The fourth-order valence-electron chi connectivity index (χ4n) is 2.75. The van der Waals surface area contributed by atoms with Crippen molar-refractivity contribution in [2.75, 3.05) is 47.6 Å². The van der Waals surface area contributed by atoms with E-state index in [0.29, 0.717) is 25.8 Å². The first-order valence-corrected chi connectivity index (χ1v) is 9.65. The average Bonchev–Trinajstić information content (AvgIpc) is 2.89. The molecule has 2 atom stereocenters. The first kappa shape index (κ1) is 19.0. The number of aliphatic hydroxyl groups is 1. The Bertz CT molecular complexity index is 270. The topological polar surface area (TPSA) is 60.4 Å². The number of nitrogens with zero attached hydrogens (tertiary/aromatic N) is 1. The molecule has 1 aliphatic rings. The van der Waals surface area contributed by atoms with Crippen molar-refractivity contribution in [1.82, 2.24) is 4.90 Å². The summed E-state index contributed by atoms with van der Waals surface area (Å²) in [5.74, 6) is 0. The van der Waals surface area contributed by atoms with Crippen molar-refractivity contribution in [3.05, 3.63) is 0 Å². The molecule has 0 radical (unpaired) electrons. The highest BCUT2D eigenvalue weighted by molar-refractivity contribution is 6.60. The molecular weight excluding hydrogens is 290 g/mol. The van der Waals surface area contributed by atoms with Gasteiger partial charge in [0.1, 0.15) is 0 Å². The van der Waals surface area contributed by atoms with Crippen molar-refractivity contribution in [1.29, 1.82) is 0 Å². The van der Waals surface area contributed by atoms with Gasteiger partial charge in [-0.1, -0.05) is 0 Å². The lowest BCUT2D eigenvalue weighted by molar-refractivity contribution is 0.0145. The Morgan fingerprint density at radius 2 is 1.90 bits per heavy atom. The van der Waals surface area contributed by atoms with Gasteiger partial charge in [0.2, 0.25) is 0 Å². The minimum atomic E-state index is -2.48. The molecule has 0 aromatic rings. The molecule has 1 N–H and O–H groups in total. The summed E-state index contributed by atoms with van der Waals surface area (Å²) in [7, 11) is 2.35. The molecule has 0 spiro atoms. The van der Waals surface area contributed by atoms with Crippen LogP contribution >= 0.6 is 0 Å². The summed E-state index contributed by atoms with van der Waals surface area (Å²) in [4.78, 5) is 2.33. The molecule has 21 heavy (non-hydrogen) atoms. The number of aliphatic hydroxyl groups excluding tert-OH is 1. The van der Waals surface area contributed by atoms with Crippen LogP contribution in [0.5, 0.6) is 0 Å². The van der Waals surface area contributed by atoms with E-state index in [1.165, 1.54) is 12.8 Å². The molecular formula is C14H31NO5Si. The molecule has 1 rings (SSSR count). The lowest BCUT2D eigenvalue weighted by Gasteiger charge is -2.25. The smallest absolute Gasteiger partial charge is 0.389 e. The van der Waals surface area contributed by atoms with E-state index in [2.05, 4.69) is 11.8 Å². The third kappa shape index (κ3) is 6.31. The van der Waals surface area contributed by atoms with Crippen LogP contribution in [0.4, 0.5) is 0 Å². The lowest BCUT2D eigenvalue weighted by atomic mass is 10.2. The molecule has 1 heterocycles. The highest BCUT2D eigenvalue weighted by atomic mass is 28.4. The molecule has 1 unspecified atom stereocenters. The van der Waals surface area contributed by atoms with Crippen LogP contribution in [0, 0.1) is 0 Å². The quantitative estimate of drug-likeness (QED) is 0.454. The first-order chi connectivity index (χ1) is 10.1. The van der Waals surface area contributed by atoms with E-state index in [4.69, 9.17) is 18.0 Å². The fourth-order valence-corrected chi connectivity index (χ4v) is 4.44. The number of hydrogen-bond acceptors (Lipinski definition) is 6. The Morgan fingerprint density at radius 1 is 1.24 bits per heavy atom. The lowest BCUT2D eigenvalue weighted by Crippen LogP contribution is -2.42. The molecule has 7 heteroatoms. The van der Waals surface area contributed by atoms with Crippen LogP contribution in [0.2, 0.25) is 6.04 Å². The molecule has 0 saturated carbocycles. The van der Waals surface area contributed by atoms with Gasteiger partial charge in [0.25, 0.3) is 0 Å². The second-order valence-corrected chi connectivity index (χ2v) is 8.70. The zero-order valence-electron chi connectivity index (χ0n) is 13.8. The summed E-state index contributed by atoms with van der Waals surface area (Å²) in [6.45, 7) is 4.96. The minimum absolute atomic E-state index is 0.380. The fraction of sp³-hybridized carbons (Fsp3) is 1.00. The maximum Gasteiger partial charge on any atom is 0.500 e. The molecule has 0 aliphatic carbocycles. The highest BCUT2D eigenvalue weighted by Crippen LogP contribution is 2.17. The number of rotatable bonds is 11. The summed E-state index contributed by atoms with van der Waals surface area (Å²) >= 11 is 0. The predicted molar refractivity (Wildman–Crippen MR) is 83.3 cm³/mol. The predicted octanol–water partition coefficient (Wildman–Crippen LogP) is 1.12. The zero-order chi connectivity index (χ0) is 15.7. The third-order valence-corrected chi connectivity index (χ3v) is 6.98. The van der Waals surface area contributed by atoms with E-state index in [1.54, 1.807) is 21.3 Å². The Morgan fingerprint density at radius 3 is 2.43 bits per heavy atom. The number of ether oxygens (including phenoxy) is 1. The van der Waals surface area contributed by atoms with Crippen molar-refractivity contribution in [3.8, 4) is 0 Å². The van der Waals surface area contributed by atoms with Crippen molar-refractivity contribution >= 4 is 8.80 Å². The van der Waals surface area contributed by atoms with E-state index in [9.17, 15) is 5.11 Å². The second-order valence-electron chi connectivity index (χ2n) is 5.61. The SMILES string of the molecule is CO[Si](CCCOCC(O)CN1CCC[C@@H]1C)(OC)OC. The molecule has 0 aromatic carbocycles. The summed E-state index contributed by atoms with van der Waals surface area (Å²) < 4.78 is 21.6. The Kier molecular flexibility index (Phi) is 8.96. The van der Waals surface area contributed by atoms with Gasteiger partial charge >= 0.3 is 8.80 Å². The van der Waals surface area contributed by atoms with Crippen molar-refractivity contribution in [2.24, 2.45) is 0 Å². The van der Waals surface area contributed by atoms with Gasteiger partial charge in [-0.2, -0.15) is 0 Å². The van der Waals surface area contributed by atoms with Crippen LogP contribution in [0.25, 0.3) is 0 Å². The highest BCUT2D eigenvalue weighted by Gasteiger charge is 2.36. The molecule has 0 bridgehead atoms. The molecule has 6 nitrogen and oxygen atoms in total. The first-order valence-electron chi connectivity index (χ1n) is 7.72. The molecule has 0 amide bonds. The molecule has 1 aliphatic heterocycles. The maximum atomic E-state index is 9.99. The largest absolute Gasteiger partial charge is 0.500 e. The van der Waals surface area contributed by atoms with Gasteiger partial charge in [-0.25, -0.2) is 0 Å². The van der Waals surface area contributed by atoms with Crippen molar-refractivity contribution in [2.45, 2.75) is 44.4 Å². The summed E-state index contributed by atoms with van der Waals surface area (Å²) in [5.41, 5.74) is 0. The third-order valence-electron chi connectivity index (χ3n) is 4.15. The van der Waals surface area contributed by atoms with E-state index < -0.39 is 14.9 Å². The van der Waals surface area contributed by atoms with Gasteiger partial charge in [-0.15, -0.1) is 0 Å². The van der Waals surface area contributed by atoms with Gasteiger partial charge < -0.3 is 23.1 Å². The van der Waals surface area contributed by atoms with Crippen molar-refractivity contribution in [3.63, 3.8) is 0 Å². The summed E-state index contributed by atoms with van der Waals surface area (Å²) in [6, 6.07) is 1.30. The standard InChI is InChI=1S/C14H31NO5Si/c1-13-7-5-8-15(13)11-14(16)12-20-9-6-10-21(17-2,18-3)19-4/h13-14,16H,5-12H2,1-4H3/t13-,14?/m0/s1. The van der Waals surface area contributed by atoms with E-state index >= 15 is 0 Å². The summed E-state index contributed by atoms with van der Waals surface area (Å²) in [6.07, 6.45) is 2.84. The molecule has 1 fully saturated rings. The second kappa shape index (κ2) is 9.89. The van der Waals surface area contributed by atoms with Crippen LogP contribution in [-0.4, -0.2) is 78.6 Å². The number of likely N-dealkylation sites (tertiary alicyclic amines) is 1. The van der Waals surface area contributed by atoms with Crippen LogP contribution in [0.3, 0.4) is 0 Å². The van der Waals surface area contributed by atoms with E-state index in [-0.39, 0.29) is 0 Å². The van der Waals surface area contributed by atoms with Crippen LogP contribution < -0.4 is 0 Å². The van der Waals surface area contributed by atoms with E-state index in [1.807, 2.05) is 0 Å². The maximum absolute atomic E-state index is 9.99. The summed E-state index contributed by atoms with van der Waals surface area (Å²) in [5, 5.41) is 9.99. The Labute approximate surface area is 129 Å². The van der Waals surface area contributed by atoms with Gasteiger partial charge in [-0.3, -0.25) is 4.90 Å². The van der Waals surface area contributed by atoms with Gasteiger partial charge in [-0.05, 0) is 32.7 Å². The van der Waals surface area contributed by atoms with Gasteiger partial charge in [0, 0.05) is 46.6 Å². The van der Waals surface area contributed by atoms with Gasteiger partial charge in [0.05, 0.1) is 12.7 Å². The zero-order valence-corrected chi connectivity index (χ0v) is 14.8. The Balaban J connectivity index is 2.10. The van der Waals surface area contributed by atoms with Gasteiger partial charge in [0.15, 0.2) is 0 Å². The monoisotopic (exact) mass is 321 g/mol. The normalized spacial score (nSPS) is 21.9. The average molecular weight is 321 g/mol. The molecule has 1 saturated heterocycles. The number of β-amino-alcohol motifs (C(OH)–C–C–N with tert-alkyl or cyclic N) is 1. The van der Waals surface area contributed by atoms with E-state index in [0.717, 1.165) is 19.0 Å². The van der Waals surface area contributed by atoms with Crippen LogP contribution in [-0.2, 0) is 18.0 Å². The Hall–Kier alpha value is -0.0231. The number of hydrogen-bond donors (Lipinski definition) is 1.